The predicted octanol–water partition coefficient (Wildman–Crippen LogP) is 7.98. The van der Waals surface area contributed by atoms with Crippen LogP contribution >= 0.6 is 12.6 Å². The number of thiol groups is 1. The van der Waals surface area contributed by atoms with Gasteiger partial charge in [-0.1, -0.05) is 33.8 Å². The number of carbonyl (C=O) groups excluding carboxylic acids is 1. The van der Waals surface area contributed by atoms with Gasteiger partial charge in [-0.2, -0.15) is 4.58 Å². The standard InChI is InChI=1S/C34H44N2O3S2/c1-8-35-28-18-16-24(40)21-26(28)33(4,5)31(35)14-12-15-32-34(6,7)27-22-25(41(38)39)17-19-29(27)36(32)20-11-9-10-13-30(37)23(2)3/h12,14-19,21-23H,8-11,13,20H2,1-7H3,(H-,38,39,40)/p+1. The fourth-order valence-corrected chi connectivity index (χ4v) is 6.88. The van der Waals surface area contributed by atoms with E-state index in [-0.39, 0.29) is 16.7 Å². The van der Waals surface area contributed by atoms with Gasteiger partial charge in [-0.25, -0.2) is 4.21 Å². The number of allylic oxidation sites excluding steroid dienone is 4. The van der Waals surface area contributed by atoms with Crippen LogP contribution in [0.5, 0.6) is 0 Å². The molecule has 2 aromatic carbocycles. The monoisotopic (exact) mass is 593 g/mol. The average molecular weight is 594 g/mol. The SMILES string of the molecule is CCN1/C(=C/C=C/C2=[N+](CCCCCC(=O)C(C)C)c3ccc(S(=O)O)cc3C2(C)C)C(C)(C)c2cc(S)ccc21. The smallest absolute Gasteiger partial charge is 0.209 e. The lowest BCUT2D eigenvalue weighted by atomic mass is 9.81. The molecule has 0 fully saturated rings. The molecule has 0 bridgehead atoms. The van der Waals surface area contributed by atoms with Gasteiger partial charge in [-0.05, 0) is 75.6 Å². The van der Waals surface area contributed by atoms with Gasteiger partial charge < -0.3 is 9.45 Å². The number of carbonyl (C=O) groups is 1. The summed E-state index contributed by atoms with van der Waals surface area (Å²) in [5.41, 5.74) is 6.58. The molecule has 4 rings (SSSR count). The summed E-state index contributed by atoms with van der Waals surface area (Å²) in [5, 5.41) is 0. The van der Waals surface area contributed by atoms with Crippen molar-refractivity contribution in [2.24, 2.45) is 5.92 Å². The molecule has 0 aliphatic carbocycles. The molecular formula is C34H45N2O3S2+. The number of hydrogen-bond donors (Lipinski definition) is 2. The molecule has 5 nitrogen and oxygen atoms in total. The van der Waals surface area contributed by atoms with Crippen molar-refractivity contribution >= 4 is 46.6 Å². The summed E-state index contributed by atoms with van der Waals surface area (Å²) in [6.07, 6.45) is 10.1. The van der Waals surface area contributed by atoms with Crippen LogP contribution in [0.4, 0.5) is 11.4 Å². The van der Waals surface area contributed by atoms with Gasteiger partial charge in [0.25, 0.3) is 0 Å². The Hall–Kier alpha value is -2.48. The zero-order valence-corrected chi connectivity index (χ0v) is 27.2. The van der Waals surface area contributed by atoms with E-state index in [2.05, 4.69) is 93.2 Å². The Morgan fingerprint density at radius 2 is 1.78 bits per heavy atom. The second-order valence-electron chi connectivity index (χ2n) is 12.5. The molecule has 0 spiro atoms. The minimum absolute atomic E-state index is 0.0907. The van der Waals surface area contributed by atoms with Crippen molar-refractivity contribution in [2.45, 2.75) is 94.8 Å². The van der Waals surface area contributed by atoms with E-state index in [0.717, 1.165) is 54.2 Å². The number of unbranched alkanes of at least 4 members (excludes halogenated alkanes) is 2. The van der Waals surface area contributed by atoms with Crippen LogP contribution in [0.15, 0.2) is 70.1 Å². The van der Waals surface area contributed by atoms with Crippen LogP contribution < -0.4 is 4.90 Å². The van der Waals surface area contributed by atoms with Crippen molar-refractivity contribution in [2.75, 3.05) is 18.0 Å². The van der Waals surface area contributed by atoms with E-state index in [1.165, 1.54) is 16.9 Å². The van der Waals surface area contributed by atoms with Crippen LogP contribution in [0.1, 0.15) is 85.3 Å². The highest BCUT2D eigenvalue weighted by Crippen LogP contribution is 2.48. The first-order chi connectivity index (χ1) is 19.3. The van der Waals surface area contributed by atoms with Crippen molar-refractivity contribution in [1.82, 2.24) is 0 Å². The minimum Gasteiger partial charge on any atom is -0.344 e. The highest BCUT2D eigenvalue weighted by molar-refractivity contribution is 7.80. The molecule has 2 aliphatic rings. The van der Waals surface area contributed by atoms with Gasteiger partial charge in [0, 0.05) is 64.7 Å². The van der Waals surface area contributed by atoms with Gasteiger partial charge in [0.05, 0.1) is 10.3 Å². The Balaban J connectivity index is 1.67. The molecular weight excluding hydrogens is 549 g/mol. The summed E-state index contributed by atoms with van der Waals surface area (Å²) in [5.74, 6) is 0.419. The van der Waals surface area contributed by atoms with Crippen LogP contribution in [-0.2, 0) is 26.7 Å². The molecule has 2 aromatic rings. The van der Waals surface area contributed by atoms with Gasteiger partial charge in [-0.15, -0.1) is 12.6 Å². The summed E-state index contributed by atoms with van der Waals surface area (Å²) in [7, 11) is 0. The van der Waals surface area contributed by atoms with Gasteiger partial charge >= 0.3 is 0 Å². The van der Waals surface area contributed by atoms with E-state index in [0.29, 0.717) is 17.1 Å². The van der Waals surface area contributed by atoms with Crippen LogP contribution in [0.25, 0.3) is 0 Å². The van der Waals surface area contributed by atoms with E-state index < -0.39 is 11.1 Å². The maximum atomic E-state index is 12.1. The first-order valence-electron chi connectivity index (χ1n) is 14.7. The molecule has 220 valence electrons. The molecule has 1 unspecified atom stereocenters. The normalized spacial score (nSPS) is 19.0. The van der Waals surface area contributed by atoms with Crippen LogP contribution in [0.2, 0.25) is 0 Å². The number of Topliss-reactive ketones (excluding diaryl/α,β-unsaturated/α-hetero) is 1. The molecule has 0 saturated heterocycles. The van der Waals surface area contributed by atoms with Gasteiger partial charge in [0.15, 0.2) is 16.8 Å². The second kappa shape index (κ2) is 12.4. The number of anilines is 1. The summed E-state index contributed by atoms with van der Waals surface area (Å²) in [4.78, 5) is 15.8. The molecule has 7 heteroatoms. The number of benzene rings is 2. The molecule has 0 saturated carbocycles. The zero-order chi connectivity index (χ0) is 30.1. The summed E-state index contributed by atoms with van der Waals surface area (Å²) < 4.78 is 24.1. The van der Waals surface area contributed by atoms with Crippen LogP contribution in [-0.4, -0.2) is 37.9 Å². The molecule has 2 aliphatic heterocycles. The van der Waals surface area contributed by atoms with Gasteiger partial charge in [0.1, 0.15) is 12.3 Å². The van der Waals surface area contributed by atoms with Crippen molar-refractivity contribution in [3.8, 4) is 0 Å². The fourth-order valence-electron chi connectivity index (χ4n) is 6.27. The molecule has 1 atom stereocenters. The lowest BCUT2D eigenvalue weighted by molar-refractivity contribution is -0.438. The largest absolute Gasteiger partial charge is 0.344 e. The lowest BCUT2D eigenvalue weighted by Crippen LogP contribution is -2.28. The molecule has 41 heavy (non-hydrogen) atoms. The van der Waals surface area contributed by atoms with Crippen LogP contribution in [0, 0.1) is 5.92 Å². The fraction of sp³-hybridized carbons (Fsp3) is 0.471. The lowest BCUT2D eigenvalue weighted by Gasteiger charge is -2.25. The highest BCUT2D eigenvalue weighted by atomic mass is 32.2. The predicted molar refractivity (Wildman–Crippen MR) is 174 cm³/mol. The maximum absolute atomic E-state index is 12.1. The Kier molecular flexibility index (Phi) is 9.52. The minimum atomic E-state index is -2.03. The Labute approximate surface area is 254 Å². The third-order valence-corrected chi connectivity index (χ3v) is 9.65. The Morgan fingerprint density at radius 1 is 1.05 bits per heavy atom. The topological polar surface area (TPSA) is 60.6 Å². The summed E-state index contributed by atoms with van der Waals surface area (Å²) >= 11 is 2.57. The number of rotatable bonds is 11. The molecule has 2 heterocycles. The van der Waals surface area contributed by atoms with E-state index in [1.54, 1.807) is 6.07 Å². The number of fused-ring (bicyclic) bond motifs is 2. The third kappa shape index (κ3) is 6.18. The number of nitrogens with zero attached hydrogens (tertiary/aromatic N) is 2. The summed E-state index contributed by atoms with van der Waals surface area (Å²) in [6.45, 7) is 16.7. The second-order valence-corrected chi connectivity index (χ2v) is 14.0. The van der Waals surface area contributed by atoms with Crippen LogP contribution in [0.3, 0.4) is 0 Å². The Bertz CT molecular complexity index is 1450. The molecule has 0 aromatic heterocycles. The molecule has 0 amide bonds. The quantitative estimate of drug-likeness (QED) is 0.120. The van der Waals surface area contributed by atoms with Crippen molar-refractivity contribution in [1.29, 1.82) is 0 Å². The van der Waals surface area contributed by atoms with E-state index in [4.69, 9.17) is 0 Å². The first kappa shape index (κ1) is 31.5. The first-order valence-corrected chi connectivity index (χ1v) is 16.3. The maximum Gasteiger partial charge on any atom is 0.209 e. The Morgan fingerprint density at radius 3 is 2.44 bits per heavy atom. The van der Waals surface area contributed by atoms with Crippen molar-refractivity contribution in [3.05, 3.63) is 71.5 Å². The molecule has 0 radical (unpaired) electrons. The molecule has 1 N–H and O–H groups in total. The van der Waals surface area contributed by atoms with Gasteiger partial charge in [0.2, 0.25) is 5.69 Å². The number of ketones is 1. The number of likely N-dealkylation sites (N-methyl/N-ethyl adjacent to an activating group) is 1. The van der Waals surface area contributed by atoms with Gasteiger partial charge in [-0.3, -0.25) is 4.79 Å². The van der Waals surface area contributed by atoms with Crippen molar-refractivity contribution in [3.63, 3.8) is 0 Å². The van der Waals surface area contributed by atoms with Crippen molar-refractivity contribution < 1.29 is 18.1 Å². The van der Waals surface area contributed by atoms with E-state index in [9.17, 15) is 13.6 Å². The van der Waals surface area contributed by atoms with E-state index >= 15 is 0 Å². The number of hydrogen-bond acceptors (Lipinski definition) is 4. The summed E-state index contributed by atoms with van der Waals surface area (Å²) in [6, 6.07) is 12.0. The highest BCUT2D eigenvalue weighted by Gasteiger charge is 2.45. The third-order valence-electron chi connectivity index (χ3n) is 8.71. The average Bonchev–Trinajstić information content (AvgIpc) is 3.26. The van der Waals surface area contributed by atoms with E-state index in [1.807, 2.05) is 26.0 Å². The zero-order valence-electron chi connectivity index (χ0n) is 25.5.